The summed E-state index contributed by atoms with van der Waals surface area (Å²) in [5, 5.41) is 5.56. The molecule has 0 radical (unpaired) electrons. The van der Waals surface area contributed by atoms with Crippen LogP contribution in [0.1, 0.15) is 22.8 Å². The number of nitrogens with two attached hydrogens (primary N) is 1. The Labute approximate surface area is 188 Å². The minimum absolute atomic E-state index is 0.0865. The van der Waals surface area contributed by atoms with Crippen LogP contribution in [0.2, 0.25) is 5.02 Å². The Morgan fingerprint density at radius 3 is 2.50 bits per heavy atom. The van der Waals surface area contributed by atoms with Crippen molar-refractivity contribution < 1.29 is 23.9 Å². The van der Waals surface area contributed by atoms with E-state index in [4.69, 9.17) is 22.1 Å². The number of aromatic amines is 1. The summed E-state index contributed by atoms with van der Waals surface area (Å²) in [5.41, 5.74) is 6.73. The highest BCUT2D eigenvalue weighted by molar-refractivity contribution is 6.33. The van der Waals surface area contributed by atoms with E-state index in [2.05, 4.69) is 10.3 Å². The SMILES string of the molecule is C[C@@H](OC(=O)[C@H](Cc1c[nH]c2ccccc12)NC(=O)c1ccccc1Cl)C(=O)NC(N)=O. The van der Waals surface area contributed by atoms with Crippen molar-refractivity contribution in [1.82, 2.24) is 15.6 Å². The van der Waals surface area contributed by atoms with Crippen LogP contribution in [0, 0.1) is 0 Å². The van der Waals surface area contributed by atoms with E-state index in [1.165, 1.54) is 13.0 Å². The molecule has 166 valence electrons. The van der Waals surface area contributed by atoms with E-state index in [9.17, 15) is 19.2 Å². The van der Waals surface area contributed by atoms with Crippen molar-refractivity contribution in [1.29, 1.82) is 0 Å². The Bertz CT molecular complexity index is 1180. The first-order valence-electron chi connectivity index (χ1n) is 9.67. The fourth-order valence-corrected chi connectivity index (χ4v) is 3.35. The largest absolute Gasteiger partial charge is 0.451 e. The predicted molar refractivity (Wildman–Crippen MR) is 118 cm³/mol. The summed E-state index contributed by atoms with van der Waals surface area (Å²) in [6.07, 6.45) is 0.511. The van der Waals surface area contributed by atoms with Crippen LogP contribution in [0.4, 0.5) is 4.79 Å². The third-order valence-corrected chi connectivity index (χ3v) is 5.05. The molecule has 3 rings (SSSR count). The van der Waals surface area contributed by atoms with Crippen molar-refractivity contribution in [2.75, 3.05) is 0 Å². The van der Waals surface area contributed by atoms with Gasteiger partial charge in [-0.15, -0.1) is 0 Å². The van der Waals surface area contributed by atoms with Crippen molar-refractivity contribution in [2.45, 2.75) is 25.5 Å². The van der Waals surface area contributed by atoms with Gasteiger partial charge in [-0.05, 0) is 30.7 Å². The standard InChI is InChI=1S/C22H21ClN4O5/c1-12(19(28)27-22(24)31)32-21(30)18(26-20(29)15-7-2-4-8-16(15)23)10-13-11-25-17-9-5-3-6-14(13)17/h2-9,11-12,18,25H,10H2,1H3,(H,26,29)(H3,24,27,28,31)/t12-,18+/m1/s1. The number of esters is 1. The molecule has 2 atom stereocenters. The summed E-state index contributed by atoms with van der Waals surface area (Å²) in [6, 6.07) is 11.7. The number of carbonyl (C=O) groups is 4. The van der Waals surface area contributed by atoms with Crippen LogP contribution in [-0.2, 0) is 20.7 Å². The summed E-state index contributed by atoms with van der Waals surface area (Å²) in [7, 11) is 0. The van der Waals surface area contributed by atoms with Gasteiger partial charge in [0, 0.05) is 23.5 Å². The quantitative estimate of drug-likeness (QED) is 0.403. The van der Waals surface area contributed by atoms with Crippen LogP contribution in [0.5, 0.6) is 0 Å². The Kier molecular flexibility index (Phi) is 7.11. The first-order valence-corrected chi connectivity index (χ1v) is 10.0. The smallest absolute Gasteiger partial charge is 0.329 e. The average Bonchev–Trinajstić information content (AvgIpc) is 3.15. The van der Waals surface area contributed by atoms with Gasteiger partial charge in [0.15, 0.2) is 6.10 Å². The fraction of sp³-hybridized carbons (Fsp3) is 0.182. The number of carbonyl (C=O) groups excluding carboxylic acids is 4. The summed E-state index contributed by atoms with van der Waals surface area (Å²) in [6.45, 7) is 1.29. The maximum atomic E-state index is 12.9. The molecule has 1 aromatic heterocycles. The molecule has 0 aliphatic rings. The highest BCUT2D eigenvalue weighted by atomic mass is 35.5. The van der Waals surface area contributed by atoms with E-state index < -0.39 is 36.0 Å². The molecular weight excluding hydrogens is 436 g/mol. The predicted octanol–water partition coefficient (Wildman–Crippen LogP) is 2.29. The van der Waals surface area contributed by atoms with Gasteiger partial charge in [0.2, 0.25) is 0 Å². The van der Waals surface area contributed by atoms with Crippen LogP contribution in [-0.4, -0.2) is 40.9 Å². The number of primary amides is 1. The second-order valence-electron chi connectivity index (χ2n) is 7.00. The van der Waals surface area contributed by atoms with E-state index in [1.54, 1.807) is 24.4 Å². The van der Waals surface area contributed by atoms with Gasteiger partial charge in [0.1, 0.15) is 6.04 Å². The zero-order valence-corrected chi connectivity index (χ0v) is 17.8. The molecule has 0 bridgehead atoms. The third-order valence-electron chi connectivity index (χ3n) is 4.72. The fourth-order valence-electron chi connectivity index (χ4n) is 3.13. The maximum absolute atomic E-state index is 12.9. The molecule has 0 unspecified atom stereocenters. The van der Waals surface area contributed by atoms with E-state index in [1.807, 2.05) is 29.6 Å². The van der Waals surface area contributed by atoms with E-state index >= 15 is 0 Å². The van der Waals surface area contributed by atoms with E-state index in [-0.39, 0.29) is 17.0 Å². The minimum Gasteiger partial charge on any atom is -0.451 e. The first-order chi connectivity index (χ1) is 15.3. The number of aromatic nitrogens is 1. The highest BCUT2D eigenvalue weighted by Crippen LogP contribution is 2.20. The van der Waals surface area contributed by atoms with Gasteiger partial charge < -0.3 is 20.8 Å². The lowest BCUT2D eigenvalue weighted by Gasteiger charge is -2.20. The second kappa shape index (κ2) is 9.97. The van der Waals surface area contributed by atoms with Crippen molar-refractivity contribution in [3.63, 3.8) is 0 Å². The lowest BCUT2D eigenvalue weighted by molar-refractivity contribution is -0.156. The molecule has 5 N–H and O–H groups in total. The summed E-state index contributed by atoms with van der Waals surface area (Å²) in [5.74, 6) is -2.32. The number of nitrogens with one attached hydrogen (secondary N) is 3. The van der Waals surface area contributed by atoms with Crippen molar-refractivity contribution in [2.24, 2.45) is 5.73 Å². The van der Waals surface area contributed by atoms with Gasteiger partial charge in [0.05, 0.1) is 10.6 Å². The van der Waals surface area contributed by atoms with Gasteiger partial charge in [-0.1, -0.05) is 41.9 Å². The minimum atomic E-state index is -1.31. The lowest BCUT2D eigenvalue weighted by atomic mass is 10.0. The Morgan fingerprint density at radius 2 is 1.78 bits per heavy atom. The molecule has 3 aromatic rings. The number of imide groups is 1. The molecule has 0 spiro atoms. The summed E-state index contributed by atoms with van der Waals surface area (Å²) in [4.78, 5) is 51.5. The molecule has 0 saturated heterocycles. The molecule has 4 amide bonds. The molecule has 0 aliphatic carbocycles. The second-order valence-corrected chi connectivity index (χ2v) is 7.41. The number of para-hydroxylation sites is 1. The normalized spacial score (nSPS) is 12.6. The molecule has 10 heteroatoms. The highest BCUT2D eigenvalue weighted by Gasteiger charge is 2.28. The van der Waals surface area contributed by atoms with Crippen molar-refractivity contribution in [3.05, 3.63) is 70.9 Å². The number of H-pyrrole nitrogens is 1. The number of halogens is 1. The van der Waals surface area contributed by atoms with Gasteiger partial charge in [-0.25, -0.2) is 9.59 Å². The maximum Gasteiger partial charge on any atom is 0.329 e. The summed E-state index contributed by atoms with van der Waals surface area (Å²) < 4.78 is 5.19. The Hall–Kier alpha value is -3.85. The zero-order chi connectivity index (χ0) is 23.3. The van der Waals surface area contributed by atoms with Crippen LogP contribution in [0.25, 0.3) is 10.9 Å². The topological polar surface area (TPSA) is 143 Å². The average molecular weight is 457 g/mol. The van der Waals surface area contributed by atoms with Crippen LogP contribution in [0.3, 0.4) is 0 Å². The number of benzene rings is 2. The monoisotopic (exact) mass is 456 g/mol. The number of amides is 4. The Morgan fingerprint density at radius 1 is 1.09 bits per heavy atom. The number of fused-ring (bicyclic) bond motifs is 1. The van der Waals surface area contributed by atoms with Gasteiger partial charge >= 0.3 is 12.0 Å². The molecule has 2 aromatic carbocycles. The number of urea groups is 1. The zero-order valence-electron chi connectivity index (χ0n) is 17.1. The van der Waals surface area contributed by atoms with Gasteiger partial charge in [0.25, 0.3) is 11.8 Å². The third kappa shape index (κ3) is 5.44. The summed E-state index contributed by atoms with van der Waals surface area (Å²) >= 11 is 6.10. The molecule has 0 fully saturated rings. The van der Waals surface area contributed by atoms with E-state index in [0.717, 1.165) is 16.5 Å². The van der Waals surface area contributed by atoms with Gasteiger partial charge in [-0.3, -0.25) is 14.9 Å². The van der Waals surface area contributed by atoms with Crippen molar-refractivity contribution in [3.8, 4) is 0 Å². The number of ether oxygens (including phenoxy) is 1. The van der Waals surface area contributed by atoms with Crippen molar-refractivity contribution >= 4 is 46.3 Å². The van der Waals surface area contributed by atoms with Crippen LogP contribution < -0.4 is 16.4 Å². The molecule has 9 nitrogen and oxygen atoms in total. The van der Waals surface area contributed by atoms with Crippen LogP contribution >= 0.6 is 11.6 Å². The number of hydrogen-bond donors (Lipinski definition) is 4. The molecule has 0 aliphatic heterocycles. The Balaban J connectivity index is 1.83. The number of hydrogen-bond acceptors (Lipinski definition) is 5. The molecular formula is C22H21ClN4O5. The molecule has 0 saturated carbocycles. The lowest BCUT2D eigenvalue weighted by Crippen LogP contribution is -2.47. The molecule has 1 heterocycles. The number of rotatable bonds is 7. The van der Waals surface area contributed by atoms with Crippen LogP contribution in [0.15, 0.2) is 54.7 Å². The van der Waals surface area contributed by atoms with Gasteiger partial charge in [-0.2, -0.15) is 0 Å². The first kappa shape index (κ1) is 22.8. The molecule has 32 heavy (non-hydrogen) atoms. The van der Waals surface area contributed by atoms with E-state index in [0.29, 0.717) is 0 Å².